The normalized spacial score (nSPS) is 15.3. The Balaban J connectivity index is 2.09. The second kappa shape index (κ2) is 5.82. The third-order valence-corrected chi connectivity index (χ3v) is 3.39. The summed E-state index contributed by atoms with van der Waals surface area (Å²) in [6, 6.07) is 6.14. The molecule has 104 valence electrons. The van der Waals surface area contributed by atoms with Gasteiger partial charge in [-0.05, 0) is 24.6 Å². The predicted molar refractivity (Wildman–Crippen MR) is 73.9 cm³/mol. The van der Waals surface area contributed by atoms with Crippen LogP contribution in [-0.2, 0) is 4.74 Å². The number of piperazine rings is 1. The molecule has 1 aromatic carbocycles. The van der Waals surface area contributed by atoms with Crippen molar-refractivity contribution in [3.05, 3.63) is 23.8 Å². The molecule has 2 rings (SSSR count). The zero-order valence-corrected chi connectivity index (χ0v) is 11.7. The van der Waals surface area contributed by atoms with Gasteiger partial charge in [0.2, 0.25) is 0 Å². The van der Waals surface area contributed by atoms with Gasteiger partial charge in [0.1, 0.15) is 5.75 Å². The summed E-state index contributed by atoms with van der Waals surface area (Å²) in [5.41, 5.74) is 2.29. The highest BCUT2D eigenvalue weighted by atomic mass is 16.5. The average molecular weight is 264 g/mol. The molecule has 19 heavy (non-hydrogen) atoms. The molecule has 1 fully saturated rings. The lowest BCUT2D eigenvalue weighted by Crippen LogP contribution is -2.48. The van der Waals surface area contributed by atoms with E-state index in [0.717, 1.165) is 24.5 Å². The Hall–Kier alpha value is -1.91. The molecule has 0 bridgehead atoms. The lowest BCUT2D eigenvalue weighted by molar-refractivity contribution is 0.121. The number of rotatable bonds is 2. The molecular formula is C14H20N2O3. The molecule has 0 atom stereocenters. The van der Waals surface area contributed by atoms with Gasteiger partial charge in [0.15, 0.2) is 0 Å². The molecule has 5 heteroatoms. The zero-order valence-electron chi connectivity index (χ0n) is 11.7. The van der Waals surface area contributed by atoms with Crippen molar-refractivity contribution in [2.45, 2.75) is 6.92 Å². The lowest BCUT2D eigenvalue weighted by atomic mass is 10.1. The van der Waals surface area contributed by atoms with Gasteiger partial charge in [-0.2, -0.15) is 0 Å². The Morgan fingerprint density at radius 2 is 1.84 bits per heavy atom. The van der Waals surface area contributed by atoms with Crippen LogP contribution in [0.2, 0.25) is 0 Å². The Kier molecular flexibility index (Phi) is 4.14. The van der Waals surface area contributed by atoms with Crippen molar-refractivity contribution in [2.24, 2.45) is 0 Å². The number of benzene rings is 1. The quantitative estimate of drug-likeness (QED) is 0.818. The number of nitrogens with zero attached hydrogens (tertiary/aromatic N) is 2. The summed E-state index contributed by atoms with van der Waals surface area (Å²) in [6.45, 7) is 4.98. The van der Waals surface area contributed by atoms with Gasteiger partial charge in [0, 0.05) is 26.2 Å². The second-order valence-corrected chi connectivity index (χ2v) is 4.62. The molecule has 0 aromatic heterocycles. The van der Waals surface area contributed by atoms with Crippen molar-refractivity contribution in [1.29, 1.82) is 0 Å². The summed E-state index contributed by atoms with van der Waals surface area (Å²) >= 11 is 0. The van der Waals surface area contributed by atoms with Crippen LogP contribution in [0.25, 0.3) is 0 Å². The molecule has 0 saturated carbocycles. The van der Waals surface area contributed by atoms with E-state index < -0.39 is 0 Å². The van der Waals surface area contributed by atoms with E-state index in [0.29, 0.717) is 13.1 Å². The van der Waals surface area contributed by atoms with Gasteiger partial charge >= 0.3 is 6.09 Å². The van der Waals surface area contributed by atoms with Crippen LogP contribution in [0.4, 0.5) is 10.5 Å². The molecule has 0 aliphatic carbocycles. The summed E-state index contributed by atoms with van der Waals surface area (Å²) in [4.78, 5) is 15.4. The van der Waals surface area contributed by atoms with Crippen LogP contribution in [0.15, 0.2) is 18.2 Å². The van der Waals surface area contributed by atoms with Crippen molar-refractivity contribution in [3.63, 3.8) is 0 Å². The van der Waals surface area contributed by atoms with Gasteiger partial charge in [-0.15, -0.1) is 0 Å². The van der Waals surface area contributed by atoms with Crippen LogP contribution in [0, 0.1) is 6.92 Å². The fourth-order valence-electron chi connectivity index (χ4n) is 2.31. The minimum atomic E-state index is -0.254. The Labute approximate surface area is 113 Å². The largest absolute Gasteiger partial charge is 0.495 e. The van der Waals surface area contributed by atoms with E-state index in [1.165, 1.54) is 12.7 Å². The summed E-state index contributed by atoms with van der Waals surface area (Å²) in [5.74, 6) is 0.872. The summed E-state index contributed by atoms with van der Waals surface area (Å²) in [5, 5.41) is 0. The minimum absolute atomic E-state index is 0.254. The van der Waals surface area contributed by atoms with Crippen molar-refractivity contribution >= 4 is 11.8 Å². The van der Waals surface area contributed by atoms with E-state index in [4.69, 9.17) is 9.47 Å². The van der Waals surface area contributed by atoms with Crippen LogP contribution in [0.3, 0.4) is 0 Å². The fourth-order valence-corrected chi connectivity index (χ4v) is 2.31. The Morgan fingerprint density at radius 3 is 2.42 bits per heavy atom. The monoisotopic (exact) mass is 264 g/mol. The topological polar surface area (TPSA) is 42.0 Å². The molecule has 1 aromatic rings. The van der Waals surface area contributed by atoms with Crippen LogP contribution < -0.4 is 9.64 Å². The lowest BCUT2D eigenvalue weighted by Gasteiger charge is -2.35. The standard InChI is InChI=1S/C14H20N2O3/c1-11-4-5-13(18-2)12(10-11)15-6-8-16(9-7-15)14(17)19-3/h4-5,10H,6-9H2,1-3H3. The van der Waals surface area contributed by atoms with E-state index in [-0.39, 0.29) is 6.09 Å². The number of anilines is 1. The summed E-state index contributed by atoms with van der Waals surface area (Å²) in [6.07, 6.45) is -0.254. The third kappa shape index (κ3) is 2.92. The van der Waals surface area contributed by atoms with Gasteiger partial charge in [-0.3, -0.25) is 0 Å². The molecular weight excluding hydrogens is 244 g/mol. The molecule has 0 N–H and O–H groups in total. The Bertz CT molecular complexity index is 454. The molecule has 0 spiro atoms. The molecule has 1 heterocycles. The van der Waals surface area contributed by atoms with Crippen LogP contribution in [0.1, 0.15) is 5.56 Å². The molecule has 1 aliphatic rings. The number of carbonyl (C=O) groups is 1. The van der Waals surface area contributed by atoms with Gasteiger partial charge < -0.3 is 19.3 Å². The highest BCUT2D eigenvalue weighted by molar-refractivity contribution is 5.68. The number of methoxy groups -OCH3 is 2. The van der Waals surface area contributed by atoms with E-state index in [9.17, 15) is 4.79 Å². The van der Waals surface area contributed by atoms with Gasteiger partial charge in [-0.1, -0.05) is 6.07 Å². The highest BCUT2D eigenvalue weighted by Crippen LogP contribution is 2.29. The van der Waals surface area contributed by atoms with E-state index in [1.54, 1.807) is 12.0 Å². The van der Waals surface area contributed by atoms with E-state index in [2.05, 4.69) is 17.9 Å². The summed E-state index contributed by atoms with van der Waals surface area (Å²) < 4.78 is 10.1. The molecule has 0 unspecified atom stereocenters. The molecule has 0 radical (unpaired) electrons. The number of amides is 1. The maximum Gasteiger partial charge on any atom is 0.409 e. The fraction of sp³-hybridized carbons (Fsp3) is 0.500. The molecule has 1 aliphatic heterocycles. The van der Waals surface area contributed by atoms with Gasteiger partial charge in [0.25, 0.3) is 0 Å². The molecule has 1 saturated heterocycles. The second-order valence-electron chi connectivity index (χ2n) is 4.62. The summed E-state index contributed by atoms with van der Waals surface area (Å²) in [7, 11) is 3.09. The maximum atomic E-state index is 11.4. The SMILES string of the molecule is COC(=O)N1CCN(c2cc(C)ccc2OC)CC1. The van der Waals surface area contributed by atoms with Crippen molar-refractivity contribution in [2.75, 3.05) is 45.3 Å². The molecule has 1 amide bonds. The van der Waals surface area contributed by atoms with Gasteiger partial charge in [0.05, 0.1) is 19.9 Å². The maximum absolute atomic E-state index is 11.4. The highest BCUT2D eigenvalue weighted by Gasteiger charge is 2.23. The van der Waals surface area contributed by atoms with E-state index >= 15 is 0 Å². The smallest absolute Gasteiger partial charge is 0.409 e. The number of ether oxygens (including phenoxy) is 2. The Morgan fingerprint density at radius 1 is 1.16 bits per heavy atom. The number of hydrogen-bond donors (Lipinski definition) is 0. The third-order valence-electron chi connectivity index (χ3n) is 3.39. The van der Waals surface area contributed by atoms with Crippen molar-refractivity contribution in [3.8, 4) is 5.75 Å². The first-order valence-electron chi connectivity index (χ1n) is 6.38. The van der Waals surface area contributed by atoms with Crippen molar-refractivity contribution < 1.29 is 14.3 Å². The molecule has 5 nitrogen and oxygen atoms in total. The average Bonchev–Trinajstić information content (AvgIpc) is 2.46. The van der Waals surface area contributed by atoms with Crippen molar-refractivity contribution in [1.82, 2.24) is 4.90 Å². The first-order valence-corrected chi connectivity index (χ1v) is 6.38. The number of hydrogen-bond acceptors (Lipinski definition) is 4. The van der Waals surface area contributed by atoms with E-state index in [1.807, 2.05) is 12.1 Å². The van der Waals surface area contributed by atoms with Crippen LogP contribution >= 0.6 is 0 Å². The minimum Gasteiger partial charge on any atom is -0.495 e. The number of aryl methyl sites for hydroxylation is 1. The first kappa shape index (κ1) is 13.5. The van der Waals surface area contributed by atoms with Crippen LogP contribution in [0.5, 0.6) is 5.75 Å². The number of carbonyl (C=O) groups excluding carboxylic acids is 1. The zero-order chi connectivity index (χ0) is 13.8. The van der Waals surface area contributed by atoms with Crippen LogP contribution in [-0.4, -0.2) is 51.4 Å². The first-order chi connectivity index (χ1) is 9.15. The predicted octanol–water partition coefficient (Wildman–Crippen LogP) is 1.89. The van der Waals surface area contributed by atoms with Gasteiger partial charge in [-0.25, -0.2) is 4.79 Å².